The molecule has 2 aliphatic rings. The smallest absolute Gasteiger partial charge is 0.333 e. The topological polar surface area (TPSA) is 69.6 Å². The van der Waals surface area contributed by atoms with Crippen LogP contribution in [0.15, 0.2) is 23.3 Å². The van der Waals surface area contributed by atoms with Crippen molar-refractivity contribution in [2.24, 2.45) is 0 Å². The summed E-state index contributed by atoms with van der Waals surface area (Å²) in [6.07, 6.45) is 3.40. The number of ether oxygens (including phenoxy) is 1. The van der Waals surface area contributed by atoms with Crippen molar-refractivity contribution in [3.8, 4) is 0 Å². The zero-order valence-electron chi connectivity index (χ0n) is 10.8. The molecule has 3 atom stereocenters. The number of quaternary nitrogens is 1. The Labute approximate surface area is 107 Å². The Balaban J connectivity index is 1.97. The van der Waals surface area contributed by atoms with E-state index in [1.165, 1.54) is 0 Å². The highest BCUT2D eigenvalue weighted by atomic mass is 16.6. The number of allylic oxidation sites excluding steroid dienone is 1. The van der Waals surface area contributed by atoms with Gasteiger partial charge < -0.3 is 19.7 Å². The Kier molecular flexibility index (Phi) is 3.56. The third kappa shape index (κ3) is 2.21. The average Bonchev–Trinajstić information content (AvgIpc) is 2.83. The van der Waals surface area contributed by atoms with Crippen molar-refractivity contribution in [2.45, 2.75) is 32.4 Å². The number of esters is 1. The Morgan fingerprint density at radius 1 is 1.72 bits per heavy atom. The number of nitrogens with zero attached hydrogens (tertiary/aromatic N) is 1. The van der Waals surface area contributed by atoms with Gasteiger partial charge in [0.15, 0.2) is 0 Å². The molecule has 0 amide bonds. The largest absolute Gasteiger partial charge is 0.632 e. The summed E-state index contributed by atoms with van der Waals surface area (Å²) in [6.45, 7) is 4.37. The van der Waals surface area contributed by atoms with Gasteiger partial charge in [-0.3, -0.25) is 0 Å². The molecule has 100 valence electrons. The van der Waals surface area contributed by atoms with Gasteiger partial charge in [-0.2, -0.15) is 0 Å². The van der Waals surface area contributed by atoms with Crippen LogP contribution in [0.4, 0.5) is 0 Å². The van der Waals surface area contributed by atoms with Crippen LogP contribution in [0.25, 0.3) is 0 Å². The van der Waals surface area contributed by atoms with Gasteiger partial charge >= 0.3 is 5.97 Å². The predicted molar refractivity (Wildman–Crippen MR) is 66.2 cm³/mol. The molecule has 18 heavy (non-hydrogen) atoms. The highest BCUT2D eigenvalue weighted by Gasteiger charge is 2.47. The van der Waals surface area contributed by atoms with E-state index < -0.39 is 16.8 Å². The standard InChI is InChI=1S/C13H19NO4/c1-3-9(2)13(16)18-8-10-4-6-14(17)7-5-11(15)12(10)14/h3-4,11-12,15H,5-8H2,1-2H3/b9-3-/t11-,12+,14-/m1/s1. The molecule has 0 unspecified atom stereocenters. The van der Waals surface area contributed by atoms with E-state index in [4.69, 9.17) is 4.74 Å². The number of hydrogen-bond acceptors (Lipinski definition) is 4. The van der Waals surface area contributed by atoms with Gasteiger partial charge in [0.2, 0.25) is 0 Å². The SMILES string of the molecule is C/C=C(/C)C(=O)OCC1=CC[N@@+]2([O-])CC[C@@H](O)[C@H]12. The van der Waals surface area contributed by atoms with E-state index in [9.17, 15) is 15.1 Å². The Morgan fingerprint density at radius 3 is 3.11 bits per heavy atom. The average molecular weight is 253 g/mol. The van der Waals surface area contributed by atoms with Crippen molar-refractivity contribution in [3.05, 3.63) is 28.5 Å². The third-order valence-corrected chi connectivity index (χ3v) is 3.84. The first-order valence-corrected chi connectivity index (χ1v) is 6.23. The Morgan fingerprint density at radius 2 is 2.44 bits per heavy atom. The highest BCUT2D eigenvalue weighted by molar-refractivity contribution is 5.87. The van der Waals surface area contributed by atoms with Gasteiger partial charge in [-0.25, -0.2) is 4.79 Å². The highest BCUT2D eigenvalue weighted by Crippen LogP contribution is 2.36. The molecule has 0 spiro atoms. The van der Waals surface area contributed by atoms with Crippen molar-refractivity contribution in [1.29, 1.82) is 0 Å². The third-order valence-electron chi connectivity index (χ3n) is 3.84. The zero-order chi connectivity index (χ0) is 13.3. The first-order valence-electron chi connectivity index (χ1n) is 6.23. The van der Waals surface area contributed by atoms with Gasteiger partial charge in [-0.05, 0) is 19.9 Å². The van der Waals surface area contributed by atoms with Crippen LogP contribution in [-0.4, -0.2) is 47.6 Å². The van der Waals surface area contributed by atoms with Gasteiger partial charge in [0, 0.05) is 17.6 Å². The summed E-state index contributed by atoms with van der Waals surface area (Å²) >= 11 is 0. The van der Waals surface area contributed by atoms with Crippen molar-refractivity contribution in [2.75, 3.05) is 19.7 Å². The zero-order valence-corrected chi connectivity index (χ0v) is 10.8. The van der Waals surface area contributed by atoms with E-state index in [2.05, 4.69) is 0 Å². The second kappa shape index (κ2) is 4.84. The predicted octanol–water partition coefficient (Wildman–Crippen LogP) is 0.884. The number of rotatable bonds is 3. The van der Waals surface area contributed by atoms with Crippen LogP contribution in [0, 0.1) is 5.21 Å². The summed E-state index contributed by atoms with van der Waals surface area (Å²) in [5.41, 5.74) is 1.30. The summed E-state index contributed by atoms with van der Waals surface area (Å²) in [6, 6.07) is -0.441. The molecule has 2 heterocycles. The maximum Gasteiger partial charge on any atom is 0.333 e. The molecule has 2 rings (SSSR count). The first-order chi connectivity index (χ1) is 8.48. The van der Waals surface area contributed by atoms with Crippen molar-refractivity contribution < 1.29 is 19.3 Å². The minimum Gasteiger partial charge on any atom is -0.632 e. The molecule has 1 saturated heterocycles. The molecule has 1 N–H and O–H groups in total. The second-order valence-electron chi connectivity index (χ2n) is 4.99. The molecule has 0 radical (unpaired) electrons. The lowest BCUT2D eigenvalue weighted by Crippen LogP contribution is -2.46. The van der Waals surface area contributed by atoms with Gasteiger partial charge in [-0.15, -0.1) is 0 Å². The number of aliphatic hydroxyl groups excluding tert-OH is 1. The molecule has 0 aliphatic carbocycles. The fourth-order valence-electron chi connectivity index (χ4n) is 2.63. The van der Waals surface area contributed by atoms with Crippen molar-refractivity contribution >= 4 is 5.97 Å². The van der Waals surface area contributed by atoms with Crippen LogP contribution in [0.5, 0.6) is 0 Å². The summed E-state index contributed by atoms with van der Waals surface area (Å²) in [4.78, 5) is 11.5. The maximum atomic E-state index is 12.3. The van der Waals surface area contributed by atoms with Crippen LogP contribution in [-0.2, 0) is 9.53 Å². The van der Waals surface area contributed by atoms with E-state index in [1.54, 1.807) is 26.0 Å². The quantitative estimate of drug-likeness (QED) is 0.266. The summed E-state index contributed by atoms with van der Waals surface area (Å²) in [7, 11) is 0. The van der Waals surface area contributed by atoms with Crippen LogP contribution in [0.1, 0.15) is 20.3 Å². The van der Waals surface area contributed by atoms with Gasteiger partial charge in [0.25, 0.3) is 0 Å². The molecule has 0 saturated carbocycles. The lowest BCUT2D eigenvalue weighted by atomic mass is 10.1. The Hall–Kier alpha value is -1.17. The number of aliphatic hydroxyl groups is 1. The van der Waals surface area contributed by atoms with E-state index >= 15 is 0 Å². The molecule has 5 nitrogen and oxygen atoms in total. The van der Waals surface area contributed by atoms with Crippen molar-refractivity contribution in [3.63, 3.8) is 0 Å². The van der Waals surface area contributed by atoms with E-state index in [0.717, 1.165) is 5.57 Å². The molecule has 1 fully saturated rings. The van der Waals surface area contributed by atoms with Gasteiger partial charge in [0.1, 0.15) is 18.8 Å². The second-order valence-corrected chi connectivity index (χ2v) is 4.99. The van der Waals surface area contributed by atoms with E-state index in [0.29, 0.717) is 25.1 Å². The minimum atomic E-state index is -0.613. The molecular weight excluding hydrogens is 234 g/mol. The molecule has 0 aromatic carbocycles. The molecule has 0 aromatic rings. The number of fused-ring (bicyclic) bond motifs is 1. The van der Waals surface area contributed by atoms with Crippen molar-refractivity contribution in [1.82, 2.24) is 0 Å². The normalized spacial score (nSPS) is 35.3. The summed E-state index contributed by atoms with van der Waals surface area (Å²) in [5, 5.41) is 22.1. The minimum absolute atomic E-state index is 0.105. The molecule has 5 heteroatoms. The fourth-order valence-corrected chi connectivity index (χ4v) is 2.63. The lowest BCUT2D eigenvalue weighted by molar-refractivity contribution is -0.877. The molecular formula is C13H19NO4. The monoisotopic (exact) mass is 253 g/mol. The van der Waals surface area contributed by atoms with E-state index in [-0.39, 0.29) is 12.6 Å². The van der Waals surface area contributed by atoms with Crippen LogP contribution < -0.4 is 0 Å². The molecule has 2 aliphatic heterocycles. The van der Waals surface area contributed by atoms with Crippen LogP contribution >= 0.6 is 0 Å². The first kappa shape index (κ1) is 13.3. The van der Waals surface area contributed by atoms with Gasteiger partial charge in [-0.1, -0.05) is 6.08 Å². The Bertz CT molecular complexity index is 415. The fraction of sp³-hybridized carbons (Fsp3) is 0.615. The van der Waals surface area contributed by atoms with Crippen LogP contribution in [0.3, 0.4) is 0 Å². The molecule has 0 aromatic heterocycles. The number of hydroxylamine groups is 3. The molecule has 0 bridgehead atoms. The number of hydrogen-bond donors (Lipinski definition) is 1. The van der Waals surface area contributed by atoms with E-state index in [1.807, 2.05) is 0 Å². The van der Waals surface area contributed by atoms with Gasteiger partial charge in [0.05, 0.1) is 13.1 Å². The number of carbonyl (C=O) groups is 1. The summed E-state index contributed by atoms with van der Waals surface area (Å²) < 4.78 is 4.75. The summed E-state index contributed by atoms with van der Waals surface area (Å²) in [5.74, 6) is -0.373. The lowest BCUT2D eigenvalue weighted by Gasteiger charge is -2.40. The number of carbonyl (C=O) groups excluding carboxylic acids is 1. The van der Waals surface area contributed by atoms with Crippen LogP contribution in [0.2, 0.25) is 0 Å². The maximum absolute atomic E-state index is 12.3.